The summed E-state index contributed by atoms with van der Waals surface area (Å²) in [6, 6.07) is 3.77. The van der Waals surface area contributed by atoms with Gasteiger partial charge in [-0.3, -0.25) is 14.9 Å². The Morgan fingerprint density at radius 2 is 2.14 bits per heavy atom. The highest BCUT2D eigenvalue weighted by Gasteiger charge is 2.17. The molecule has 0 saturated heterocycles. The molecule has 2 aromatic rings. The molecule has 1 amide bonds. The van der Waals surface area contributed by atoms with Gasteiger partial charge in [0.2, 0.25) is 0 Å². The molecule has 0 aliphatic heterocycles. The monoisotopic (exact) mass is 290 g/mol. The molecule has 21 heavy (non-hydrogen) atoms. The molecule has 0 aliphatic rings. The Labute approximate surface area is 118 Å². The Morgan fingerprint density at radius 3 is 2.62 bits per heavy atom. The van der Waals surface area contributed by atoms with E-state index in [1.807, 2.05) is 0 Å². The van der Waals surface area contributed by atoms with E-state index in [0.717, 1.165) is 6.07 Å². The van der Waals surface area contributed by atoms with Crippen molar-refractivity contribution >= 4 is 23.3 Å². The van der Waals surface area contributed by atoms with Crippen LogP contribution in [0.2, 0.25) is 0 Å². The van der Waals surface area contributed by atoms with Gasteiger partial charge in [0.05, 0.1) is 23.0 Å². The van der Waals surface area contributed by atoms with Crippen molar-refractivity contribution in [2.45, 2.75) is 0 Å². The SMILES string of the molecule is Cn1cc([N+](=O)[O-])cc1C(=O)Nc1ccc(C(=O)O)nc1. The van der Waals surface area contributed by atoms with E-state index in [1.165, 1.54) is 36.1 Å². The van der Waals surface area contributed by atoms with E-state index >= 15 is 0 Å². The molecule has 0 atom stereocenters. The van der Waals surface area contributed by atoms with Crippen molar-refractivity contribution in [3.05, 3.63) is 52.1 Å². The quantitative estimate of drug-likeness (QED) is 0.644. The first-order valence-electron chi connectivity index (χ1n) is 5.70. The Morgan fingerprint density at radius 1 is 1.43 bits per heavy atom. The number of hydrogen-bond donors (Lipinski definition) is 2. The van der Waals surface area contributed by atoms with Crippen LogP contribution in [0.5, 0.6) is 0 Å². The van der Waals surface area contributed by atoms with Crippen LogP contribution in [0.25, 0.3) is 0 Å². The molecule has 0 bridgehead atoms. The number of nitro groups is 1. The van der Waals surface area contributed by atoms with Gasteiger partial charge in [0.25, 0.3) is 11.6 Å². The predicted molar refractivity (Wildman–Crippen MR) is 71.2 cm³/mol. The molecule has 9 heteroatoms. The lowest BCUT2D eigenvalue weighted by atomic mass is 10.3. The molecular formula is C12H10N4O5. The topological polar surface area (TPSA) is 127 Å². The van der Waals surface area contributed by atoms with Crippen molar-refractivity contribution in [1.29, 1.82) is 0 Å². The Hall–Kier alpha value is -3.23. The number of anilines is 1. The summed E-state index contributed by atoms with van der Waals surface area (Å²) >= 11 is 0. The van der Waals surface area contributed by atoms with Crippen LogP contribution in [0.15, 0.2) is 30.6 Å². The van der Waals surface area contributed by atoms with Gasteiger partial charge in [-0.2, -0.15) is 0 Å². The van der Waals surface area contributed by atoms with Crippen molar-refractivity contribution in [2.75, 3.05) is 5.32 Å². The predicted octanol–water partition coefficient (Wildman–Crippen LogP) is 1.28. The average Bonchev–Trinajstić information content (AvgIpc) is 2.81. The number of rotatable bonds is 4. The number of aromatic carboxylic acids is 1. The zero-order chi connectivity index (χ0) is 15.6. The van der Waals surface area contributed by atoms with Gasteiger partial charge in [-0.1, -0.05) is 0 Å². The summed E-state index contributed by atoms with van der Waals surface area (Å²) in [7, 11) is 1.51. The number of carboxylic acid groups (broad SMARTS) is 1. The van der Waals surface area contributed by atoms with E-state index in [9.17, 15) is 19.7 Å². The second-order valence-corrected chi connectivity index (χ2v) is 4.14. The minimum Gasteiger partial charge on any atom is -0.477 e. The number of aromatic nitrogens is 2. The third-order valence-corrected chi connectivity index (χ3v) is 2.67. The van der Waals surface area contributed by atoms with Crippen molar-refractivity contribution in [1.82, 2.24) is 9.55 Å². The van der Waals surface area contributed by atoms with Crippen LogP contribution < -0.4 is 5.32 Å². The lowest BCUT2D eigenvalue weighted by Crippen LogP contribution is -2.15. The molecule has 2 heterocycles. The third-order valence-electron chi connectivity index (χ3n) is 2.67. The average molecular weight is 290 g/mol. The molecule has 0 spiro atoms. The number of amides is 1. The number of carbonyl (C=O) groups is 2. The van der Waals surface area contributed by atoms with Crippen LogP contribution in [0.3, 0.4) is 0 Å². The van der Waals surface area contributed by atoms with E-state index in [0.29, 0.717) is 0 Å². The van der Waals surface area contributed by atoms with Gasteiger partial charge in [0.15, 0.2) is 0 Å². The summed E-state index contributed by atoms with van der Waals surface area (Å²) in [6.45, 7) is 0. The molecule has 0 unspecified atom stereocenters. The third kappa shape index (κ3) is 3.03. The summed E-state index contributed by atoms with van der Waals surface area (Å²) in [6.07, 6.45) is 2.42. The van der Waals surface area contributed by atoms with Crippen LogP contribution in [-0.4, -0.2) is 31.5 Å². The number of hydrogen-bond acceptors (Lipinski definition) is 5. The molecule has 2 N–H and O–H groups in total. The number of pyridine rings is 1. The smallest absolute Gasteiger partial charge is 0.354 e. The maximum atomic E-state index is 12.0. The van der Waals surface area contributed by atoms with Crippen LogP contribution in [0.1, 0.15) is 21.0 Å². The maximum Gasteiger partial charge on any atom is 0.354 e. The van der Waals surface area contributed by atoms with Gasteiger partial charge in [-0.05, 0) is 12.1 Å². The summed E-state index contributed by atoms with van der Waals surface area (Å²) in [4.78, 5) is 36.3. The van der Waals surface area contributed by atoms with E-state index in [4.69, 9.17) is 5.11 Å². The minimum atomic E-state index is -1.18. The van der Waals surface area contributed by atoms with E-state index in [-0.39, 0.29) is 22.8 Å². The molecule has 108 valence electrons. The van der Waals surface area contributed by atoms with Gasteiger partial charge >= 0.3 is 5.97 Å². The molecular weight excluding hydrogens is 280 g/mol. The van der Waals surface area contributed by atoms with E-state index < -0.39 is 16.8 Å². The Kier molecular flexibility index (Phi) is 3.65. The van der Waals surface area contributed by atoms with Crippen LogP contribution in [-0.2, 0) is 7.05 Å². The van der Waals surface area contributed by atoms with Crippen LogP contribution >= 0.6 is 0 Å². The van der Waals surface area contributed by atoms with Crippen LogP contribution in [0.4, 0.5) is 11.4 Å². The zero-order valence-electron chi connectivity index (χ0n) is 10.8. The first-order chi connectivity index (χ1) is 9.88. The first kappa shape index (κ1) is 14.2. The first-order valence-corrected chi connectivity index (χ1v) is 5.70. The number of aryl methyl sites for hydroxylation is 1. The molecule has 0 aliphatic carbocycles. The van der Waals surface area contributed by atoms with E-state index in [2.05, 4.69) is 10.3 Å². The fraction of sp³-hybridized carbons (Fsp3) is 0.0833. The lowest BCUT2D eigenvalue weighted by Gasteiger charge is -2.05. The summed E-state index contributed by atoms with van der Waals surface area (Å²) in [5.41, 5.74) is 0.0439. The minimum absolute atomic E-state index is 0.101. The number of nitrogens with zero attached hydrogens (tertiary/aromatic N) is 3. The maximum absolute atomic E-state index is 12.0. The standard InChI is InChI=1S/C12H10N4O5/c1-15-6-8(16(20)21)4-10(15)11(17)14-7-2-3-9(12(18)19)13-5-7/h2-6H,1H3,(H,14,17)(H,18,19). The molecule has 2 rings (SSSR count). The highest BCUT2D eigenvalue weighted by molar-refractivity contribution is 6.03. The largest absolute Gasteiger partial charge is 0.477 e. The second kappa shape index (κ2) is 5.41. The number of nitrogens with one attached hydrogen (secondary N) is 1. The summed E-state index contributed by atoms with van der Waals surface area (Å²) in [5, 5.41) is 21.8. The molecule has 0 saturated carbocycles. The normalized spacial score (nSPS) is 10.1. The van der Waals surface area contributed by atoms with Gasteiger partial charge < -0.3 is 15.0 Å². The highest BCUT2D eigenvalue weighted by Crippen LogP contribution is 2.16. The highest BCUT2D eigenvalue weighted by atomic mass is 16.6. The second-order valence-electron chi connectivity index (χ2n) is 4.14. The van der Waals surface area contributed by atoms with E-state index in [1.54, 1.807) is 0 Å². The van der Waals surface area contributed by atoms with Crippen molar-refractivity contribution < 1.29 is 19.6 Å². The fourth-order valence-electron chi connectivity index (χ4n) is 1.66. The molecule has 0 aromatic carbocycles. The van der Waals surface area contributed by atoms with Gasteiger partial charge in [-0.25, -0.2) is 9.78 Å². The molecule has 2 aromatic heterocycles. The fourth-order valence-corrected chi connectivity index (χ4v) is 1.66. The Bertz CT molecular complexity index is 720. The lowest BCUT2D eigenvalue weighted by molar-refractivity contribution is -0.384. The Balaban J connectivity index is 2.17. The van der Waals surface area contributed by atoms with Gasteiger partial charge in [-0.15, -0.1) is 0 Å². The molecule has 0 fully saturated rings. The summed E-state index contributed by atoms with van der Waals surface area (Å²) in [5.74, 6) is -1.73. The zero-order valence-corrected chi connectivity index (χ0v) is 10.8. The van der Waals surface area contributed by atoms with Crippen LogP contribution in [0, 0.1) is 10.1 Å². The van der Waals surface area contributed by atoms with Crippen molar-refractivity contribution in [2.24, 2.45) is 7.05 Å². The number of carbonyl (C=O) groups excluding carboxylic acids is 1. The molecule has 9 nitrogen and oxygen atoms in total. The van der Waals surface area contributed by atoms with Gasteiger partial charge in [0, 0.05) is 13.1 Å². The molecule has 0 radical (unpaired) electrons. The summed E-state index contributed by atoms with van der Waals surface area (Å²) < 4.78 is 1.33. The van der Waals surface area contributed by atoms with Gasteiger partial charge in [0.1, 0.15) is 11.4 Å². The van der Waals surface area contributed by atoms with Crippen molar-refractivity contribution in [3.8, 4) is 0 Å². The number of carboxylic acids is 1. The van der Waals surface area contributed by atoms with Crippen molar-refractivity contribution in [3.63, 3.8) is 0 Å².